The number of aliphatic hydroxyl groups excluding tert-OH is 1. The van der Waals surface area contributed by atoms with E-state index in [2.05, 4.69) is 12.2 Å². The van der Waals surface area contributed by atoms with Gasteiger partial charge in [0, 0.05) is 13.1 Å². The fourth-order valence-corrected chi connectivity index (χ4v) is 3.31. The maximum atomic E-state index is 9.88. The van der Waals surface area contributed by atoms with Gasteiger partial charge in [-0.2, -0.15) is 0 Å². The number of hydrogen-bond acceptors (Lipinski definition) is 3. The summed E-state index contributed by atoms with van der Waals surface area (Å²) in [6, 6.07) is 0. The molecule has 2 saturated carbocycles. The molecule has 0 bridgehead atoms. The SMILES string of the molecule is CC1(CNCC(O)COC2CCCC2)CCCC1. The number of nitrogens with one attached hydrogen (secondary N) is 1. The zero-order valence-corrected chi connectivity index (χ0v) is 11.8. The van der Waals surface area contributed by atoms with Crippen LogP contribution in [-0.4, -0.2) is 37.0 Å². The molecule has 0 saturated heterocycles. The van der Waals surface area contributed by atoms with E-state index in [1.165, 1.54) is 51.4 Å². The lowest BCUT2D eigenvalue weighted by molar-refractivity contribution is -0.00605. The van der Waals surface area contributed by atoms with Crippen LogP contribution in [0, 0.1) is 5.41 Å². The Balaban J connectivity index is 1.52. The minimum Gasteiger partial charge on any atom is -0.389 e. The van der Waals surface area contributed by atoms with E-state index in [4.69, 9.17) is 4.74 Å². The predicted molar refractivity (Wildman–Crippen MR) is 73.7 cm³/mol. The van der Waals surface area contributed by atoms with Gasteiger partial charge in [-0.1, -0.05) is 32.6 Å². The fourth-order valence-electron chi connectivity index (χ4n) is 3.31. The third-order valence-corrected chi connectivity index (χ3v) is 4.57. The van der Waals surface area contributed by atoms with Crippen molar-refractivity contribution < 1.29 is 9.84 Å². The molecular weight excluding hydrogens is 226 g/mol. The predicted octanol–water partition coefficient (Wildman–Crippen LogP) is 2.48. The molecular formula is C15H29NO2. The first-order valence-corrected chi connectivity index (χ1v) is 7.68. The van der Waals surface area contributed by atoms with Crippen LogP contribution in [0.3, 0.4) is 0 Å². The highest BCUT2D eigenvalue weighted by molar-refractivity contribution is 4.82. The van der Waals surface area contributed by atoms with Gasteiger partial charge in [0.1, 0.15) is 0 Å². The van der Waals surface area contributed by atoms with E-state index < -0.39 is 0 Å². The maximum absolute atomic E-state index is 9.88. The molecule has 1 atom stereocenters. The lowest BCUT2D eigenvalue weighted by Gasteiger charge is -2.25. The smallest absolute Gasteiger partial charge is 0.0897 e. The van der Waals surface area contributed by atoms with Crippen LogP contribution in [0.15, 0.2) is 0 Å². The third kappa shape index (κ3) is 4.52. The molecule has 2 N–H and O–H groups in total. The zero-order valence-electron chi connectivity index (χ0n) is 11.8. The average molecular weight is 255 g/mol. The second-order valence-corrected chi connectivity index (χ2v) is 6.54. The number of ether oxygens (including phenoxy) is 1. The Morgan fingerprint density at radius 1 is 1.22 bits per heavy atom. The molecule has 2 fully saturated rings. The zero-order chi connectivity index (χ0) is 12.8. The highest BCUT2D eigenvalue weighted by Gasteiger charge is 2.28. The van der Waals surface area contributed by atoms with E-state index in [-0.39, 0.29) is 6.10 Å². The molecule has 106 valence electrons. The van der Waals surface area contributed by atoms with Crippen LogP contribution in [0.2, 0.25) is 0 Å². The molecule has 0 heterocycles. The Morgan fingerprint density at radius 2 is 1.89 bits per heavy atom. The van der Waals surface area contributed by atoms with E-state index in [0.717, 1.165) is 6.54 Å². The maximum Gasteiger partial charge on any atom is 0.0897 e. The van der Waals surface area contributed by atoms with Gasteiger partial charge in [-0.15, -0.1) is 0 Å². The van der Waals surface area contributed by atoms with Gasteiger partial charge in [-0.05, 0) is 31.1 Å². The van der Waals surface area contributed by atoms with Crippen LogP contribution in [0.25, 0.3) is 0 Å². The van der Waals surface area contributed by atoms with E-state index in [0.29, 0.717) is 24.7 Å². The first-order chi connectivity index (χ1) is 8.68. The van der Waals surface area contributed by atoms with Gasteiger partial charge in [0.15, 0.2) is 0 Å². The molecule has 0 aliphatic heterocycles. The van der Waals surface area contributed by atoms with Crippen molar-refractivity contribution in [3.63, 3.8) is 0 Å². The second-order valence-electron chi connectivity index (χ2n) is 6.54. The Hall–Kier alpha value is -0.120. The standard InChI is InChI=1S/C15H29NO2/c1-15(8-4-5-9-15)12-16-10-13(17)11-18-14-6-2-3-7-14/h13-14,16-17H,2-12H2,1H3. The van der Waals surface area contributed by atoms with Gasteiger partial charge in [-0.25, -0.2) is 0 Å². The Morgan fingerprint density at radius 3 is 2.56 bits per heavy atom. The molecule has 3 heteroatoms. The molecule has 0 aromatic rings. The highest BCUT2D eigenvalue weighted by Crippen LogP contribution is 2.36. The summed E-state index contributed by atoms with van der Waals surface area (Å²) in [4.78, 5) is 0. The van der Waals surface area contributed by atoms with Crippen LogP contribution < -0.4 is 5.32 Å². The van der Waals surface area contributed by atoms with Crippen molar-refractivity contribution in [3.8, 4) is 0 Å². The monoisotopic (exact) mass is 255 g/mol. The molecule has 3 nitrogen and oxygen atoms in total. The summed E-state index contributed by atoms with van der Waals surface area (Å²) >= 11 is 0. The summed E-state index contributed by atoms with van der Waals surface area (Å²) in [5.41, 5.74) is 0.464. The van der Waals surface area contributed by atoms with Gasteiger partial charge in [0.2, 0.25) is 0 Å². The van der Waals surface area contributed by atoms with Gasteiger partial charge >= 0.3 is 0 Å². The molecule has 2 rings (SSSR count). The Kier molecular flexibility index (Phi) is 5.46. The van der Waals surface area contributed by atoms with Crippen LogP contribution in [0.5, 0.6) is 0 Å². The van der Waals surface area contributed by atoms with Crippen molar-refractivity contribution in [3.05, 3.63) is 0 Å². The van der Waals surface area contributed by atoms with Crippen molar-refractivity contribution in [2.75, 3.05) is 19.7 Å². The van der Waals surface area contributed by atoms with Gasteiger partial charge in [-0.3, -0.25) is 0 Å². The molecule has 0 spiro atoms. The summed E-state index contributed by atoms with van der Waals surface area (Å²) in [5.74, 6) is 0. The van der Waals surface area contributed by atoms with Crippen LogP contribution in [0.4, 0.5) is 0 Å². The summed E-state index contributed by atoms with van der Waals surface area (Å²) in [5, 5.41) is 13.3. The lowest BCUT2D eigenvalue weighted by Crippen LogP contribution is -2.37. The topological polar surface area (TPSA) is 41.5 Å². The largest absolute Gasteiger partial charge is 0.389 e. The molecule has 18 heavy (non-hydrogen) atoms. The minimum absolute atomic E-state index is 0.351. The van der Waals surface area contributed by atoms with E-state index >= 15 is 0 Å². The summed E-state index contributed by atoms with van der Waals surface area (Å²) in [6.45, 7) is 4.55. The van der Waals surface area contributed by atoms with Crippen molar-refractivity contribution in [2.45, 2.75) is 70.5 Å². The fraction of sp³-hybridized carbons (Fsp3) is 1.00. The number of hydrogen-bond donors (Lipinski definition) is 2. The highest BCUT2D eigenvalue weighted by atomic mass is 16.5. The molecule has 0 amide bonds. The molecule has 0 aromatic heterocycles. The van der Waals surface area contributed by atoms with Crippen LogP contribution in [-0.2, 0) is 4.74 Å². The second kappa shape index (κ2) is 6.88. The van der Waals surface area contributed by atoms with E-state index in [1.54, 1.807) is 0 Å². The van der Waals surface area contributed by atoms with Crippen molar-refractivity contribution >= 4 is 0 Å². The third-order valence-electron chi connectivity index (χ3n) is 4.57. The van der Waals surface area contributed by atoms with E-state index in [1.807, 2.05) is 0 Å². The van der Waals surface area contributed by atoms with Crippen molar-refractivity contribution in [1.82, 2.24) is 5.32 Å². The number of aliphatic hydroxyl groups is 1. The first kappa shape index (κ1) is 14.3. The van der Waals surface area contributed by atoms with Crippen molar-refractivity contribution in [1.29, 1.82) is 0 Å². The quantitative estimate of drug-likeness (QED) is 0.734. The van der Waals surface area contributed by atoms with Crippen LogP contribution in [0.1, 0.15) is 58.3 Å². The first-order valence-electron chi connectivity index (χ1n) is 7.68. The Labute approximate surface area is 111 Å². The molecule has 0 aromatic carbocycles. The number of rotatable bonds is 7. The summed E-state index contributed by atoms with van der Waals surface area (Å²) in [6.07, 6.45) is 10.4. The van der Waals surface area contributed by atoms with Gasteiger partial charge in [0.05, 0.1) is 18.8 Å². The van der Waals surface area contributed by atoms with Gasteiger partial charge < -0.3 is 15.2 Å². The molecule has 2 aliphatic carbocycles. The normalized spacial score (nSPS) is 25.7. The molecule has 2 aliphatic rings. The van der Waals surface area contributed by atoms with Crippen molar-refractivity contribution in [2.24, 2.45) is 5.41 Å². The average Bonchev–Trinajstić information content (AvgIpc) is 2.98. The molecule has 0 radical (unpaired) electrons. The minimum atomic E-state index is -0.351. The van der Waals surface area contributed by atoms with Gasteiger partial charge in [0.25, 0.3) is 0 Å². The summed E-state index contributed by atoms with van der Waals surface area (Å²) in [7, 11) is 0. The molecule has 1 unspecified atom stereocenters. The lowest BCUT2D eigenvalue weighted by atomic mass is 9.89. The Bertz CT molecular complexity index is 233. The van der Waals surface area contributed by atoms with Crippen LogP contribution >= 0.6 is 0 Å². The van der Waals surface area contributed by atoms with E-state index in [9.17, 15) is 5.11 Å². The summed E-state index contributed by atoms with van der Waals surface area (Å²) < 4.78 is 5.72.